The van der Waals surface area contributed by atoms with Crippen molar-refractivity contribution < 1.29 is 24.6 Å². The molecule has 1 fully saturated rings. The Morgan fingerprint density at radius 1 is 1.36 bits per heavy atom. The minimum absolute atomic E-state index is 0.0565. The number of carbonyl (C=O) groups excluding carboxylic acids is 2. The number of hydrogen-bond acceptors (Lipinski definition) is 7. The van der Waals surface area contributed by atoms with E-state index in [1.807, 2.05) is 5.32 Å². The third kappa shape index (κ3) is 3.25. The van der Waals surface area contributed by atoms with Crippen LogP contribution >= 0.6 is 15.9 Å². The summed E-state index contributed by atoms with van der Waals surface area (Å²) >= 11 is 3.24. The van der Waals surface area contributed by atoms with Crippen LogP contribution in [0.5, 0.6) is 0 Å². The molecule has 4 N–H and O–H groups in total. The maximum atomic E-state index is 12.3. The van der Waals surface area contributed by atoms with Gasteiger partial charge in [0.2, 0.25) is 5.71 Å². The minimum Gasteiger partial charge on any atom is -0.379 e. The lowest BCUT2D eigenvalue weighted by molar-refractivity contribution is -0.133. The lowest BCUT2D eigenvalue weighted by atomic mass is 10.1. The van der Waals surface area contributed by atoms with Gasteiger partial charge in [-0.15, -0.1) is 0 Å². The summed E-state index contributed by atoms with van der Waals surface area (Å²) in [5, 5.41) is 27.3. The predicted octanol–water partition coefficient (Wildman–Crippen LogP) is -0.307. The zero-order chi connectivity index (χ0) is 16.3. The van der Waals surface area contributed by atoms with Gasteiger partial charge in [0.05, 0.1) is 5.69 Å². The standard InChI is InChI=1S/C12H13BrN4O5/c1-14-6-22-16-9-10(18)17(11(19)15-12(9,20)21)8-4-2-7(13)3-5-8/h2-5,14,20-21H,6H2,1H3,(H,15,19)/b16-9+. The fraction of sp³-hybridized carbons (Fsp3) is 0.250. The number of urea groups is 1. The van der Waals surface area contributed by atoms with Crippen LogP contribution in [-0.2, 0) is 9.63 Å². The van der Waals surface area contributed by atoms with Gasteiger partial charge in [0.25, 0.3) is 5.91 Å². The maximum absolute atomic E-state index is 12.3. The quantitative estimate of drug-likeness (QED) is 0.326. The topological polar surface area (TPSA) is 123 Å². The molecule has 2 rings (SSSR count). The van der Waals surface area contributed by atoms with Crippen molar-refractivity contribution in [2.75, 3.05) is 18.7 Å². The highest BCUT2D eigenvalue weighted by Gasteiger charge is 2.49. The van der Waals surface area contributed by atoms with Crippen LogP contribution in [0.4, 0.5) is 10.5 Å². The number of anilines is 1. The molecule has 1 heterocycles. The average molecular weight is 373 g/mol. The van der Waals surface area contributed by atoms with Crippen LogP contribution in [0.25, 0.3) is 0 Å². The molecular formula is C12H13BrN4O5. The molecule has 10 heteroatoms. The van der Waals surface area contributed by atoms with Crippen LogP contribution in [0.3, 0.4) is 0 Å². The molecule has 0 aromatic heterocycles. The van der Waals surface area contributed by atoms with Gasteiger partial charge in [-0.2, -0.15) is 0 Å². The van der Waals surface area contributed by atoms with Gasteiger partial charge >= 0.3 is 11.9 Å². The van der Waals surface area contributed by atoms with Crippen LogP contribution in [-0.4, -0.2) is 47.6 Å². The number of hydrogen-bond donors (Lipinski definition) is 4. The van der Waals surface area contributed by atoms with Crippen molar-refractivity contribution >= 4 is 39.3 Å². The molecule has 22 heavy (non-hydrogen) atoms. The molecule has 0 bridgehead atoms. The van der Waals surface area contributed by atoms with E-state index in [4.69, 9.17) is 4.84 Å². The third-order valence-electron chi connectivity index (χ3n) is 2.67. The molecule has 0 aliphatic carbocycles. The average Bonchev–Trinajstić information content (AvgIpc) is 2.43. The molecule has 0 saturated carbocycles. The lowest BCUT2D eigenvalue weighted by Gasteiger charge is -2.33. The van der Waals surface area contributed by atoms with Crippen LogP contribution in [0.1, 0.15) is 0 Å². The summed E-state index contributed by atoms with van der Waals surface area (Å²) in [7, 11) is 1.57. The summed E-state index contributed by atoms with van der Waals surface area (Å²) in [5.41, 5.74) is -0.521. The molecule has 1 aliphatic heterocycles. The molecule has 9 nitrogen and oxygen atoms in total. The number of imide groups is 1. The third-order valence-corrected chi connectivity index (χ3v) is 3.20. The molecule has 0 radical (unpaired) electrons. The molecular weight excluding hydrogens is 360 g/mol. The summed E-state index contributed by atoms with van der Waals surface area (Å²) < 4.78 is 0.756. The van der Waals surface area contributed by atoms with Crippen molar-refractivity contribution in [1.82, 2.24) is 10.6 Å². The Balaban J connectivity index is 2.36. The van der Waals surface area contributed by atoms with Crippen LogP contribution in [0.15, 0.2) is 33.9 Å². The number of rotatable bonds is 4. The van der Waals surface area contributed by atoms with Gasteiger partial charge in [0.1, 0.15) is 0 Å². The lowest BCUT2D eigenvalue weighted by Crippen LogP contribution is -2.68. The first-order valence-corrected chi connectivity index (χ1v) is 6.88. The van der Waals surface area contributed by atoms with E-state index in [1.54, 1.807) is 19.2 Å². The maximum Gasteiger partial charge on any atom is 0.333 e. The van der Waals surface area contributed by atoms with Gasteiger partial charge in [0.15, 0.2) is 6.73 Å². The van der Waals surface area contributed by atoms with Gasteiger partial charge in [-0.3, -0.25) is 15.4 Å². The highest BCUT2D eigenvalue weighted by atomic mass is 79.9. The van der Waals surface area contributed by atoms with Crippen LogP contribution in [0, 0.1) is 0 Å². The molecule has 0 atom stereocenters. The monoisotopic (exact) mass is 372 g/mol. The summed E-state index contributed by atoms with van der Waals surface area (Å²) in [5.74, 6) is -3.92. The van der Waals surface area contributed by atoms with E-state index in [0.29, 0.717) is 0 Å². The Labute approximate surface area is 133 Å². The molecule has 1 saturated heterocycles. The Bertz CT molecular complexity index is 616. The Kier molecular flexibility index (Phi) is 4.76. The molecule has 1 aromatic carbocycles. The summed E-state index contributed by atoms with van der Waals surface area (Å²) in [6, 6.07) is 5.28. The minimum atomic E-state index is -2.91. The second kappa shape index (κ2) is 6.40. The number of halogens is 1. The number of nitrogens with zero attached hydrogens (tertiary/aromatic N) is 2. The van der Waals surface area contributed by atoms with Crippen molar-refractivity contribution in [3.05, 3.63) is 28.7 Å². The van der Waals surface area contributed by atoms with E-state index in [2.05, 4.69) is 26.4 Å². The molecule has 1 aromatic rings. The summed E-state index contributed by atoms with van der Waals surface area (Å²) in [6.07, 6.45) is 0. The zero-order valence-electron chi connectivity index (χ0n) is 11.4. The van der Waals surface area contributed by atoms with Crippen molar-refractivity contribution in [1.29, 1.82) is 0 Å². The van der Waals surface area contributed by atoms with Gasteiger partial charge in [0, 0.05) is 4.47 Å². The smallest absolute Gasteiger partial charge is 0.333 e. The number of nitrogens with one attached hydrogen (secondary N) is 2. The second-order valence-corrected chi connectivity index (χ2v) is 5.20. The molecule has 0 spiro atoms. The van der Waals surface area contributed by atoms with Gasteiger partial charge in [-0.25, -0.2) is 9.69 Å². The van der Waals surface area contributed by atoms with Gasteiger partial charge in [-0.05, 0) is 31.3 Å². The number of benzene rings is 1. The highest BCUT2D eigenvalue weighted by molar-refractivity contribution is 9.10. The Hall–Kier alpha value is -2.01. The fourth-order valence-corrected chi connectivity index (χ4v) is 1.96. The van der Waals surface area contributed by atoms with E-state index in [1.165, 1.54) is 12.1 Å². The first kappa shape index (κ1) is 16.4. The van der Waals surface area contributed by atoms with Crippen molar-refractivity contribution in [3.63, 3.8) is 0 Å². The number of oxime groups is 1. The van der Waals surface area contributed by atoms with Gasteiger partial charge < -0.3 is 15.1 Å². The normalized spacial score (nSPS) is 19.3. The van der Waals surface area contributed by atoms with Crippen LogP contribution < -0.4 is 15.5 Å². The number of aliphatic hydroxyl groups is 2. The molecule has 118 valence electrons. The van der Waals surface area contributed by atoms with Crippen molar-refractivity contribution in [3.8, 4) is 0 Å². The Morgan fingerprint density at radius 2 is 2.00 bits per heavy atom. The van der Waals surface area contributed by atoms with Crippen molar-refractivity contribution in [2.45, 2.75) is 5.91 Å². The fourth-order valence-electron chi connectivity index (χ4n) is 1.70. The second-order valence-electron chi connectivity index (χ2n) is 4.29. The predicted molar refractivity (Wildman–Crippen MR) is 79.8 cm³/mol. The van der Waals surface area contributed by atoms with E-state index in [9.17, 15) is 19.8 Å². The van der Waals surface area contributed by atoms with Crippen molar-refractivity contribution in [2.24, 2.45) is 5.16 Å². The number of amides is 3. The largest absolute Gasteiger partial charge is 0.379 e. The SMILES string of the molecule is CNCO/N=C1\C(=O)N(c2ccc(Br)cc2)C(=O)NC1(O)O. The molecule has 0 unspecified atom stereocenters. The zero-order valence-corrected chi connectivity index (χ0v) is 13.0. The number of carbonyl (C=O) groups is 2. The Morgan fingerprint density at radius 3 is 2.59 bits per heavy atom. The van der Waals surface area contributed by atoms with Crippen LogP contribution in [0.2, 0.25) is 0 Å². The molecule has 3 amide bonds. The first-order valence-electron chi connectivity index (χ1n) is 6.09. The van der Waals surface area contributed by atoms with E-state index < -0.39 is 23.6 Å². The summed E-state index contributed by atoms with van der Waals surface area (Å²) in [6.45, 7) is -0.0565. The highest BCUT2D eigenvalue weighted by Crippen LogP contribution is 2.22. The summed E-state index contributed by atoms with van der Waals surface area (Å²) in [4.78, 5) is 29.7. The van der Waals surface area contributed by atoms with E-state index >= 15 is 0 Å². The van der Waals surface area contributed by atoms with Gasteiger partial charge in [-0.1, -0.05) is 21.1 Å². The van der Waals surface area contributed by atoms with E-state index in [-0.39, 0.29) is 12.4 Å². The van der Waals surface area contributed by atoms with E-state index in [0.717, 1.165) is 9.37 Å². The first-order chi connectivity index (χ1) is 10.4. The molecule has 1 aliphatic rings.